The van der Waals surface area contributed by atoms with Crippen molar-refractivity contribution in [2.75, 3.05) is 20.4 Å². The summed E-state index contributed by atoms with van der Waals surface area (Å²) in [4.78, 5) is 8.88. The molecule has 0 aromatic carbocycles. The van der Waals surface area contributed by atoms with Crippen LogP contribution in [0.2, 0.25) is 0 Å². The Kier molecular flexibility index (Phi) is 5.20. The Hall–Kier alpha value is -0.310. The fourth-order valence-corrected chi connectivity index (χ4v) is 1.15. The lowest BCUT2D eigenvalue weighted by molar-refractivity contribution is 0.315. The summed E-state index contributed by atoms with van der Waals surface area (Å²) in [6.45, 7) is 0. The van der Waals surface area contributed by atoms with E-state index in [1.54, 1.807) is 6.08 Å². The van der Waals surface area contributed by atoms with Gasteiger partial charge in [0.15, 0.2) is 0 Å². The van der Waals surface area contributed by atoms with Crippen molar-refractivity contribution in [2.45, 2.75) is 6.42 Å². The van der Waals surface area contributed by atoms with E-state index in [-0.39, 0.29) is 6.16 Å². The molecule has 1 atom stereocenters. The minimum absolute atomic E-state index is 0.128. The third-order valence-electron chi connectivity index (χ3n) is 1.10. The zero-order valence-corrected chi connectivity index (χ0v) is 7.58. The fraction of sp³-hybridized carbons (Fsp3) is 0.667. The van der Waals surface area contributed by atoms with Gasteiger partial charge < -0.3 is 14.2 Å². The highest BCUT2D eigenvalue weighted by molar-refractivity contribution is 7.52. The van der Waals surface area contributed by atoms with Crippen LogP contribution in [0.25, 0.3) is 0 Å². The van der Waals surface area contributed by atoms with Gasteiger partial charge in [-0.2, -0.15) is 0 Å². The zero-order chi connectivity index (χ0) is 8.74. The predicted octanol–water partition coefficient (Wildman–Crippen LogP) is 1.37. The summed E-state index contributed by atoms with van der Waals surface area (Å²) in [6.07, 6.45) is 3.75. The van der Waals surface area contributed by atoms with Gasteiger partial charge in [-0.1, -0.05) is 0 Å². The van der Waals surface area contributed by atoms with Crippen molar-refractivity contribution in [3.05, 3.63) is 12.3 Å². The van der Waals surface area contributed by atoms with Crippen LogP contribution in [0.1, 0.15) is 6.42 Å². The van der Waals surface area contributed by atoms with E-state index in [2.05, 4.69) is 9.26 Å². The molecule has 0 aliphatic carbocycles. The molecule has 4 nitrogen and oxygen atoms in total. The molecular weight excluding hydrogens is 167 g/mol. The van der Waals surface area contributed by atoms with Crippen LogP contribution in [0.3, 0.4) is 0 Å². The van der Waals surface area contributed by atoms with Gasteiger partial charge in [-0.15, -0.1) is 0 Å². The van der Waals surface area contributed by atoms with E-state index in [1.165, 1.54) is 20.5 Å². The Morgan fingerprint density at radius 1 is 1.55 bits per heavy atom. The molecule has 0 aromatic rings. The third-order valence-corrected chi connectivity index (χ3v) is 2.49. The maximum atomic E-state index is 10.8. The lowest BCUT2D eigenvalue weighted by Crippen LogP contribution is -1.89. The summed E-state index contributed by atoms with van der Waals surface area (Å²) in [6, 6.07) is 0. The molecule has 0 radical (unpaired) electrons. The van der Waals surface area contributed by atoms with Gasteiger partial charge >= 0.3 is 7.60 Å². The molecule has 1 unspecified atom stereocenters. The van der Waals surface area contributed by atoms with Gasteiger partial charge in [0, 0.05) is 7.11 Å². The first-order valence-corrected chi connectivity index (χ1v) is 4.94. The Morgan fingerprint density at radius 3 is 2.64 bits per heavy atom. The van der Waals surface area contributed by atoms with Crippen molar-refractivity contribution < 1.29 is 18.7 Å². The topological polar surface area (TPSA) is 55.8 Å². The highest BCUT2D eigenvalue weighted by Gasteiger charge is 2.14. The molecule has 0 fully saturated rings. The molecule has 0 heterocycles. The fourth-order valence-electron chi connectivity index (χ4n) is 0.493. The molecule has 66 valence electrons. The Bertz CT molecular complexity index is 166. The summed E-state index contributed by atoms with van der Waals surface area (Å²) in [5.74, 6) is 0. The van der Waals surface area contributed by atoms with Gasteiger partial charge in [-0.3, -0.25) is 4.57 Å². The van der Waals surface area contributed by atoms with Crippen LogP contribution in [-0.4, -0.2) is 25.3 Å². The van der Waals surface area contributed by atoms with E-state index in [4.69, 9.17) is 4.89 Å². The number of hydrogen-bond acceptors (Lipinski definition) is 3. The minimum Gasteiger partial charge on any atom is -0.505 e. The van der Waals surface area contributed by atoms with Gasteiger partial charge in [-0.25, -0.2) is 0 Å². The van der Waals surface area contributed by atoms with Crippen LogP contribution in [0.4, 0.5) is 0 Å². The average Bonchev–Trinajstić information content (AvgIpc) is 1.99. The van der Waals surface area contributed by atoms with E-state index in [1.807, 2.05) is 0 Å². The van der Waals surface area contributed by atoms with Crippen LogP contribution in [-0.2, 0) is 13.8 Å². The number of allylic oxidation sites excluding steroid dienone is 1. The van der Waals surface area contributed by atoms with Crippen LogP contribution >= 0.6 is 7.60 Å². The lowest BCUT2D eigenvalue weighted by atomic mass is 10.5. The summed E-state index contributed by atoms with van der Waals surface area (Å²) >= 11 is 0. The standard InChI is InChI=1S/C6H13O4P/c1-9-5-3-4-6-11(7,8)10-2/h3,5H,4,6H2,1-2H3,(H,7,8). The molecule has 0 spiro atoms. The molecule has 0 saturated heterocycles. The molecule has 1 N–H and O–H groups in total. The third kappa shape index (κ3) is 6.10. The summed E-state index contributed by atoms with van der Waals surface area (Å²) in [7, 11) is -0.578. The second-order valence-electron chi connectivity index (χ2n) is 1.94. The van der Waals surface area contributed by atoms with E-state index < -0.39 is 7.60 Å². The van der Waals surface area contributed by atoms with Crippen LogP contribution in [0.15, 0.2) is 12.3 Å². The van der Waals surface area contributed by atoms with Crippen molar-refractivity contribution >= 4 is 7.60 Å². The largest absolute Gasteiger partial charge is 0.505 e. The van der Waals surface area contributed by atoms with Crippen molar-refractivity contribution in [3.8, 4) is 0 Å². The second-order valence-corrected chi connectivity index (χ2v) is 4.03. The van der Waals surface area contributed by atoms with E-state index in [9.17, 15) is 4.57 Å². The normalized spacial score (nSPS) is 16.6. The highest BCUT2D eigenvalue weighted by atomic mass is 31.2. The van der Waals surface area contributed by atoms with Gasteiger partial charge in [0.25, 0.3) is 0 Å². The maximum Gasteiger partial charge on any atom is 0.328 e. The Labute approximate surface area is 66.4 Å². The molecule has 0 rings (SSSR count). The first-order chi connectivity index (χ1) is 5.12. The Balaban J connectivity index is 3.54. The van der Waals surface area contributed by atoms with Gasteiger partial charge in [-0.05, 0) is 12.5 Å². The quantitative estimate of drug-likeness (QED) is 0.512. The second kappa shape index (κ2) is 5.35. The maximum absolute atomic E-state index is 10.8. The Morgan fingerprint density at radius 2 is 2.18 bits per heavy atom. The minimum atomic E-state index is -3.32. The highest BCUT2D eigenvalue weighted by Crippen LogP contribution is 2.41. The van der Waals surface area contributed by atoms with Crippen molar-refractivity contribution in [3.63, 3.8) is 0 Å². The van der Waals surface area contributed by atoms with Crippen LogP contribution < -0.4 is 0 Å². The molecule has 0 amide bonds. The number of hydrogen-bond donors (Lipinski definition) is 1. The number of methoxy groups -OCH3 is 1. The molecule has 5 heteroatoms. The van der Waals surface area contributed by atoms with Gasteiger partial charge in [0.1, 0.15) is 0 Å². The lowest BCUT2D eigenvalue weighted by Gasteiger charge is -2.05. The summed E-state index contributed by atoms with van der Waals surface area (Å²) in [5.41, 5.74) is 0. The molecule has 0 aromatic heterocycles. The average molecular weight is 180 g/mol. The SMILES string of the molecule is COC=CCCP(=O)(O)OC. The van der Waals surface area contributed by atoms with Crippen LogP contribution in [0, 0.1) is 0 Å². The smallest absolute Gasteiger partial charge is 0.328 e. The summed E-state index contributed by atoms with van der Waals surface area (Å²) in [5, 5.41) is 0. The molecule has 0 aliphatic heterocycles. The van der Waals surface area contributed by atoms with Crippen molar-refractivity contribution in [1.82, 2.24) is 0 Å². The molecule has 11 heavy (non-hydrogen) atoms. The van der Waals surface area contributed by atoms with Crippen LogP contribution in [0.5, 0.6) is 0 Å². The van der Waals surface area contributed by atoms with E-state index in [0.29, 0.717) is 6.42 Å². The monoisotopic (exact) mass is 180 g/mol. The molecular formula is C6H13O4P. The van der Waals surface area contributed by atoms with E-state index in [0.717, 1.165) is 0 Å². The van der Waals surface area contributed by atoms with Crippen molar-refractivity contribution in [2.24, 2.45) is 0 Å². The number of rotatable bonds is 5. The van der Waals surface area contributed by atoms with Gasteiger partial charge in [0.2, 0.25) is 0 Å². The summed E-state index contributed by atoms with van der Waals surface area (Å²) < 4.78 is 19.8. The molecule has 0 saturated carbocycles. The van der Waals surface area contributed by atoms with E-state index >= 15 is 0 Å². The molecule has 0 bridgehead atoms. The number of ether oxygens (including phenoxy) is 1. The zero-order valence-electron chi connectivity index (χ0n) is 6.69. The van der Waals surface area contributed by atoms with Gasteiger partial charge in [0.05, 0.1) is 19.5 Å². The predicted molar refractivity (Wildman–Crippen MR) is 42.5 cm³/mol. The molecule has 0 aliphatic rings. The van der Waals surface area contributed by atoms with Crippen molar-refractivity contribution in [1.29, 1.82) is 0 Å². The first-order valence-electron chi connectivity index (χ1n) is 3.18. The first kappa shape index (κ1) is 10.7.